The molecule has 0 aromatic carbocycles. The van der Waals surface area contributed by atoms with Gasteiger partial charge in [-0.15, -0.1) is 0 Å². The van der Waals surface area contributed by atoms with E-state index in [1.165, 1.54) is 5.56 Å². The largest absolute Gasteiger partial charge is 0.363 e. The van der Waals surface area contributed by atoms with Crippen LogP contribution in [0.15, 0.2) is 36.5 Å². The lowest BCUT2D eigenvalue weighted by atomic mass is 10.2. The van der Waals surface area contributed by atoms with Crippen LogP contribution in [0.25, 0.3) is 0 Å². The van der Waals surface area contributed by atoms with Crippen LogP contribution in [0.1, 0.15) is 11.3 Å². The number of hydrogen-bond acceptors (Lipinski definition) is 4. The summed E-state index contributed by atoms with van der Waals surface area (Å²) >= 11 is 0. The second-order valence-electron chi connectivity index (χ2n) is 5.23. The smallest absolute Gasteiger partial charge is 0.128 e. The van der Waals surface area contributed by atoms with E-state index in [1.807, 2.05) is 50.3 Å². The Morgan fingerprint density at radius 3 is 2.55 bits per heavy atom. The van der Waals surface area contributed by atoms with Gasteiger partial charge in [-0.3, -0.25) is 0 Å². The molecule has 20 heavy (non-hydrogen) atoms. The summed E-state index contributed by atoms with van der Waals surface area (Å²) < 4.78 is 0. The molecule has 0 aliphatic heterocycles. The van der Waals surface area contributed by atoms with Crippen LogP contribution in [0.4, 0.5) is 11.6 Å². The third-order valence-corrected chi connectivity index (χ3v) is 3.27. The highest BCUT2D eigenvalue weighted by Gasteiger charge is 2.04. The van der Waals surface area contributed by atoms with Gasteiger partial charge in [0.25, 0.3) is 0 Å². The van der Waals surface area contributed by atoms with Crippen molar-refractivity contribution in [1.82, 2.24) is 9.97 Å². The Balaban J connectivity index is 1.99. The summed E-state index contributed by atoms with van der Waals surface area (Å²) in [4.78, 5) is 13.1. The molecule has 0 spiro atoms. The van der Waals surface area contributed by atoms with Crippen LogP contribution in [0.5, 0.6) is 0 Å². The van der Waals surface area contributed by atoms with Gasteiger partial charge in [-0.2, -0.15) is 0 Å². The molecule has 106 valence electrons. The predicted octanol–water partition coefficient (Wildman–Crippen LogP) is 2.53. The first kappa shape index (κ1) is 14.3. The Labute approximate surface area is 121 Å². The lowest BCUT2D eigenvalue weighted by molar-refractivity contribution is 0.854. The zero-order valence-electron chi connectivity index (χ0n) is 12.7. The maximum absolute atomic E-state index is 4.54. The molecule has 2 aromatic heterocycles. The van der Waals surface area contributed by atoms with E-state index < -0.39 is 0 Å². The Bertz CT molecular complexity index is 566. The van der Waals surface area contributed by atoms with E-state index >= 15 is 0 Å². The van der Waals surface area contributed by atoms with E-state index in [1.54, 1.807) is 0 Å². The molecule has 2 aromatic rings. The fraction of sp³-hybridized carbons (Fsp3) is 0.375. The number of rotatable bonds is 5. The highest BCUT2D eigenvalue weighted by Crippen LogP contribution is 2.13. The number of hydrogen-bond donors (Lipinski definition) is 0. The average molecular weight is 270 g/mol. The molecule has 0 radical (unpaired) electrons. The summed E-state index contributed by atoms with van der Waals surface area (Å²) in [7, 11) is 6.10. The number of anilines is 2. The van der Waals surface area contributed by atoms with Crippen LogP contribution >= 0.6 is 0 Å². The molecule has 0 saturated carbocycles. The summed E-state index contributed by atoms with van der Waals surface area (Å²) in [6, 6.07) is 10.3. The third-order valence-electron chi connectivity index (χ3n) is 3.27. The van der Waals surface area contributed by atoms with Gasteiger partial charge in [-0.1, -0.05) is 6.07 Å². The molecule has 0 aliphatic rings. The normalized spacial score (nSPS) is 10.4. The first-order valence-corrected chi connectivity index (χ1v) is 6.83. The summed E-state index contributed by atoms with van der Waals surface area (Å²) in [6.45, 7) is 2.96. The van der Waals surface area contributed by atoms with Gasteiger partial charge in [0, 0.05) is 39.6 Å². The van der Waals surface area contributed by atoms with Gasteiger partial charge in [0.1, 0.15) is 11.6 Å². The highest BCUT2D eigenvalue weighted by molar-refractivity contribution is 5.41. The van der Waals surface area contributed by atoms with Crippen LogP contribution in [0.3, 0.4) is 0 Å². The van der Waals surface area contributed by atoms with E-state index in [-0.39, 0.29) is 0 Å². The van der Waals surface area contributed by atoms with E-state index in [0.717, 1.165) is 30.3 Å². The minimum Gasteiger partial charge on any atom is -0.363 e. The van der Waals surface area contributed by atoms with E-state index in [4.69, 9.17) is 0 Å². The molecule has 0 aliphatic carbocycles. The van der Waals surface area contributed by atoms with Crippen molar-refractivity contribution in [1.29, 1.82) is 0 Å². The maximum Gasteiger partial charge on any atom is 0.128 e. The summed E-state index contributed by atoms with van der Waals surface area (Å²) in [5.74, 6) is 2.02. The molecule has 0 atom stereocenters. The quantitative estimate of drug-likeness (QED) is 0.835. The molecular formula is C16H22N4. The van der Waals surface area contributed by atoms with Crippen molar-refractivity contribution in [2.45, 2.75) is 13.3 Å². The molecule has 0 bridgehead atoms. The van der Waals surface area contributed by atoms with Crippen LogP contribution < -0.4 is 9.80 Å². The van der Waals surface area contributed by atoms with Crippen molar-refractivity contribution in [3.63, 3.8) is 0 Å². The molecule has 0 fully saturated rings. The van der Waals surface area contributed by atoms with Crippen molar-refractivity contribution >= 4 is 11.6 Å². The van der Waals surface area contributed by atoms with E-state index in [0.29, 0.717) is 0 Å². The maximum atomic E-state index is 4.54. The molecular weight excluding hydrogens is 248 g/mol. The molecule has 2 heterocycles. The Kier molecular flexibility index (Phi) is 4.56. The van der Waals surface area contributed by atoms with Crippen LogP contribution in [-0.4, -0.2) is 37.7 Å². The molecule has 0 unspecified atom stereocenters. The molecule has 2 rings (SSSR count). The summed E-state index contributed by atoms with van der Waals surface area (Å²) in [5.41, 5.74) is 2.34. The number of aryl methyl sites for hydroxylation is 1. The average Bonchev–Trinajstić information content (AvgIpc) is 2.45. The minimum atomic E-state index is 0.938. The van der Waals surface area contributed by atoms with E-state index in [9.17, 15) is 0 Å². The number of pyridine rings is 2. The van der Waals surface area contributed by atoms with Crippen molar-refractivity contribution in [2.24, 2.45) is 0 Å². The molecule has 0 amide bonds. The second-order valence-corrected chi connectivity index (χ2v) is 5.23. The van der Waals surface area contributed by atoms with Gasteiger partial charge in [-0.05, 0) is 43.2 Å². The monoisotopic (exact) mass is 270 g/mol. The zero-order valence-corrected chi connectivity index (χ0v) is 12.7. The molecule has 0 N–H and O–H groups in total. The Hall–Kier alpha value is -2.10. The molecule has 4 heteroatoms. The predicted molar refractivity (Wildman–Crippen MR) is 84.5 cm³/mol. The molecule has 4 nitrogen and oxygen atoms in total. The highest BCUT2D eigenvalue weighted by atomic mass is 15.2. The first-order valence-electron chi connectivity index (χ1n) is 6.83. The van der Waals surface area contributed by atoms with Gasteiger partial charge >= 0.3 is 0 Å². The van der Waals surface area contributed by atoms with Crippen LogP contribution in [0, 0.1) is 6.92 Å². The zero-order chi connectivity index (χ0) is 14.5. The Morgan fingerprint density at radius 2 is 1.85 bits per heavy atom. The molecule has 0 saturated heterocycles. The minimum absolute atomic E-state index is 0.938. The lowest BCUT2D eigenvalue weighted by Gasteiger charge is -2.19. The lowest BCUT2D eigenvalue weighted by Crippen LogP contribution is -2.21. The Morgan fingerprint density at radius 1 is 1.05 bits per heavy atom. The van der Waals surface area contributed by atoms with Gasteiger partial charge in [-0.25, -0.2) is 9.97 Å². The van der Waals surface area contributed by atoms with Crippen molar-refractivity contribution in [3.05, 3.63) is 47.8 Å². The SMILES string of the molecule is Cc1cccc(N(C)CCc2ccnc(N(C)C)c2)n1. The second kappa shape index (κ2) is 6.37. The van der Waals surface area contributed by atoms with Gasteiger partial charge in [0.05, 0.1) is 0 Å². The number of aromatic nitrogens is 2. The summed E-state index contributed by atoms with van der Waals surface area (Å²) in [5, 5.41) is 0. The van der Waals surface area contributed by atoms with Crippen molar-refractivity contribution < 1.29 is 0 Å². The van der Waals surface area contributed by atoms with Gasteiger partial charge in [0.15, 0.2) is 0 Å². The van der Waals surface area contributed by atoms with Crippen molar-refractivity contribution in [2.75, 3.05) is 37.5 Å². The standard InChI is InChI=1S/C16H22N4/c1-13-6-5-7-15(18-13)20(4)11-9-14-8-10-17-16(12-14)19(2)3/h5-8,10,12H,9,11H2,1-4H3. The van der Waals surface area contributed by atoms with Crippen LogP contribution in [0.2, 0.25) is 0 Å². The van der Waals surface area contributed by atoms with Crippen LogP contribution in [-0.2, 0) is 6.42 Å². The fourth-order valence-electron chi connectivity index (χ4n) is 2.01. The fourth-order valence-corrected chi connectivity index (χ4v) is 2.01. The number of likely N-dealkylation sites (N-methyl/N-ethyl adjacent to an activating group) is 1. The van der Waals surface area contributed by atoms with Crippen molar-refractivity contribution in [3.8, 4) is 0 Å². The van der Waals surface area contributed by atoms with Gasteiger partial charge in [0.2, 0.25) is 0 Å². The number of nitrogens with zero attached hydrogens (tertiary/aromatic N) is 4. The summed E-state index contributed by atoms with van der Waals surface area (Å²) in [6.07, 6.45) is 2.85. The topological polar surface area (TPSA) is 32.3 Å². The first-order chi connectivity index (χ1) is 9.56. The van der Waals surface area contributed by atoms with E-state index in [2.05, 4.69) is 34.0 Å². The third kappa shape index (κ3) is 3.70. The van der Waals surface area contributed by atoms with Gasteiger partial charge < -0.3 is 9.80 Å².